The summed E-state index contributed by atoms with van der Waals surface area (Å²) >= 11 is 6.41. The molecule has 2 aromatic rings. The fourth-order valence-electron chi connectivity index (χ4n) is 3.47. The highest BCUT2D eigenvalue weighted by molar-refractivity contribution is 6.31. The van der Waals surface area contributed by atoms with Crippen molar-refractivity contribution in [3.8, 4) is 11.8 Å². The molecule has 0 spiro atoms. The molecule has 1 aromatic heterocycles. The van der Waals surface area contributed by atoms with E-state index < -0.39 is 6.09 Å². The van der Waals surface area contributed by atoms with Gasteiger partial charge in [0, 0.05) is 68.5 Å². The van der Waals surface area contributed by atoms with Gasteiger partial charge in [-0.3, -0.25) is 9.69 Å². The van der Waals surface area contributed by atoms with Crippen molar-refractivity contribution in [3.63, 3.8) is 0 Å². The first-order valence-corrected chi connectivity index (χ1v) is 10.2. The Labute approximate surface area is 178 Å². The lowest BCUT2D eigenvalue weighted by Crippen LogP contribution is -2.50. The number of hydrogen-bond donors (Lipinski definition) is 2. The van der Waals surface area contributed by atoms with Crippen LogP contribution in [0.1, 0.15) is 22.3 Å². The molecule has 0 bridgehead atoms. The summed E-state index contributed by atoms with van der Waals surface area (Å²) in [4.78, 5) is 35.1. The van der Waals surface area contributed by atoms with E-state index in [1.54, 1.807) is 11.0 Å². The van der Waals surface area contributed by atoms with Gasteiger partial charge in [0.05, 0.1) is 0 Å². The molecule has 0 radical (unpaired) electrons. The van der Waals surface area contributed by atoms with Crippen LogP contribution in [-0.4, -0.2) is 80.9 Å². The minimum absolute atomic E-state index is 0.0154. The van der Waals surface area contributed by atoms with E-state index in [-0.39, 0.29) is 17.7 Å². The molecule has 1 aromatic carbocycles. The van der Waals surface area contributed by atoms with Crippen LogP contribution >= 0.6 is 11.6 Å². The number of nitrogens with zero attached hydrogens (tertiary/aromatic N) is 4. The highest BCUT2D eigenvalue weighted by atomic mass is 35.5. The molecular weight excluding hydrogens is 412 g/mol. The Morgan fingerprint density at radius 1 is 0.933 bits per heavy atom. The van der Waals surface area contributed by atoms with Gasteiger partial charge in [0.25, 0.3) is 5.91 Å². The van der Waals surface area contributed by atoms with Crippen LogP contribution in [0.2, 0.25) is 5.02 Å². The predicted molar refractivity (Wildman–Crippen MR) is 109 cm³/mol. The first-order chi connectivity index (χ1) is 14.4. The molecule has 9 nitrogen and oxygen atoms in total. The number of hydrogen-bond acceptors (Lipinski definition) is 6. The van der Waals surface area contributed by atoms with E-state index in [0.717, 1.165) is 25.1 Å². The van der Waals surface area contributed by atoms with Crippen molar-refractivity contribution in [3.05, 3.63) is 46.5 Å². The highest BCUT2D eigenvalue weighted by Gasteiger charge is 2.25. The van der Waals surface area contributed by atoms with Crippen LogP contribution in [0.3, 0.4) is 0 Å². The average Bonchev–Trinajstić information content (AvgIpc) is 3.00. The Morgan fingerprint density at radius 2 is 1.60 bits per heavy atom. The van der Waals surface area contributed by atoms with Crippen LogP contribution in [0.15, 0.2) is 30.3 Å². The zero-order valence-corrected chi connectivity index (χ0v) is 17.1. The van der Waals surface area contributed by atoms with Gasteiger partial charge in [-0.25, -0.2) is 4.79 Å². The summed E-state index contributed by atoms with van der Waals surface area (Å²) in [6, 6.07) is 7.87. The maximum atomic E-state index is 12.3. The van der Waals surface area contributed by atoms with Gasteiger partial charge >= 0.3 is 6.09 Å². The molecule has 4 rings (SSSR count). The van der Waals surface area contributed by atoms with Crippen LogP contribution in [0.25, 0.3) is 0 Å². The first-order valence-electron chi connectivity index (χ1n) is 9.79. The summed E-state index contributed by atoms with van der Waals surface area (Å²) in [6.07, 6.45) is 0.397. The quantitative estimate of drug-likeness (QED) is 0.761. The van der Waals surface area contributed by atoms with E-state index in [2.05, 4.69) is 4.90 Å². The molecule has 2 fully saturated rings. The van der Waals surface area contributed by atoms with E-state index in [0.29, 0.717) is 48.0 Å². The van der Waals surface area contributed by atoms with E-state index in [1.165, 1.54) is 17.0 Å². The molecule has 2 N–H and O–H groups in total. The number of amides is 2. The van der Waals surface area contributed by atoms with Gasteiger partial charge in [0.2, 0.25) is 11.8 Å². The van der Waals surface area contributed by atoms with Gasteiger partial charge < -0.3 is 24.9 Å². The lowest BCUT2D eigenvalue weighted by Gasteiger charge is -2.34. The summed E-state index contributed by atoms with van der Waals surface area (Å²) in [5.74, 6) is -0.697. The fraction of sp³-hybridized carbons (Fsp3) is 0.400. The maximum absolute atomic E-state index is 12.3. The van der Waals surface area contributed by atoms with Crippen molar-refractivity contribution >= 4 is 23.6 Å². The zero-order chi connectivity index (χ0) is 21.3. The first kappa shape index (κ1) is 20.4. The van der Waals surface area contributed by atoms with Crippen molar-refractivity contribution < 1.29 is 24.6 Å². The zero-order valence-electron chi connectivity index (χ0n) is 16.3. The third-order valence-electron chi connectivity index (χ3n) is 5.43. The summed E-state index contributed by atoms with van der Waals surface area (Å²) < 4.78 is 0.678. The molecule has 2 saturated heterocycles. The Bertz CT molecular complexity index is 931. The number of halogens is 1. The van der Waals surface area contributed by atoms with Crippen LogP contribution in [0, 0.1) is 0 Å². The number of likely N-dealkylation sites (tertiary alicyclic amines) is 1. The van der Waals surface area contributed by atoms with Gasteiger partial charge in [-0.15, -0.1) is 4.73 Å². The lowest BCUT2D eigenvalue weighted by atomic mass is 10.1. The maximum Gasteiger partial charge on any atom is 0.434 e. The molecule has 3 heterocycles. The normalized spacial score (nSPS) is 17.0. The van der Waals surface area contributed by atoms with Gasteiger partial charge in [-0.05, 0) is 24.1 Å². The molecule has 2 aliphatic rings. The second-order valence-corrected chi connectivity index (χ2v) is 7.82. The topological polar surface area (TPSA) is 98.5 Å². The van der Waals surface area contributed by atoms with Crippen molar-refractivity contribution in [2.45, 2.75) is 13.0 Å². The Kier molecular flexibility index (Phi) is 5.74. The van der Waals surface area contributed by atoms with Crippen molar-refractivity contribution in [2.75, 3.05) is 39.3 Å². The smallest absolute Gasteiger partial charge is 0.434 e. The molecule has 0 aliphatic carbocycles. The van der Waals surface area contributed by atoms with Gasteiger partial charge in [-0.2, -0.15) is 0 Å². The summed E-state index contributed by atoms with van der Waals surface area (Å²) in [5, 5.41) is 19.7. The number of piperazine rings is 1. The lowest BCUT2D eigenvalue weighted by molar-refractivity contribution is 0.0555. The van der Waals surface area contributed by atoms with E-state index in [9.17, 15) is 19.8 Å². The monoisotopic (exact) mass is 434 g/mol. The molecule has 2 amide bonds. The van der Waals surface area contributed by atoms with E-state index in [1.807, 2.05) is 12.1 Å². The van der Waals surface area contributed by atoms with Crippen LogP contribution < -0.4 is 4.84 Å². The Balaban J connectivity index is 1.30. The SMILES string of the molecule is O=C(On1c(O)ccc1O)N1CCN(Cc2ccc(C(=O)N3CCC3)cc2Cl)CC1. The molecule has 10 heteroatoms. The average molecular weight is 435 g/mol. The molecule has 0 saturated carbocycles. The summed E-state index contributed by atoms with van der Waals surface area (Å²) in [6.45, 7) is 4.31. The van der Waals surface area contributed by atoms with Crippen LogP contribution in [-0.2, 0) is 6.54 Å². The third-order valence-corrected chi connectivity index (χ3v) is 5.79. The van der Waals surface area contributed by atoms with Crippen molar-refractivity contribution in [2.24, 2.45) is 0 Å². The second kappa shape index (κ2) is 8.45. The summed E-state index contributed by atoms with van der Waals surface area (Å²) in [7, 11) is 0. The number of carbonyl (C=O) groups excluding carboxylic acids is 2. The van der Waals surface area contributed by atoms with Crippen molar-refractivity contribution in [1.29, 1.82) is 0 Å². The Hall–Kier alpha value is -2.91. The molecule has 0 unspecified atom stereocenters. The third kappa shape index (κ3) is 4.17. The number of carbonyl (C=O) groups is 2. The van der Waals surface area contributed by atoms with Gasteiger partial charge in [-0.1, -0.05) is 17.7 Å². The standard InChI is InChI=1S/C20H23ClN4O5/c21-16-12-14(19(28)23-6-1-7-23)2-3-15(16)13-22-8-10-24(11-9-22)20(29)30-25-17(26)4-5-18(25)27/h2-5,12,26-27H,1,6-11,13H2. The van der Waals surface area contributed by atoms with Gasteiger partial charge in [0.1, 0.15) is 0 Å². The van der Waals surface area contributed by atoms with E-state index in [4.69, 9.17) is 16.4 Å². The fourth-order valence-corrected chi connectivity index (χ4v) is 3.71. The number of rotatable bonds is 4. The molecule has 30 heavy (non-hydrogen) atoms. The number of aromatic hydroxyl groups is 2. The largest absolute Gasteiger partial charge is 0.492 e. The molecule has 0 atom stereocenters. The van der Waals surface area contributed by atoms with Crippen molar-refractivity contribution in [1.82, 2.24) is 19.4 Å². The number of benzene rings is 1. The minimum atomic E-state index is -0.650. The van der Waals surface area contributed by atoms with Crippen LogP contribution in [0.5, 0.6) is 11.8 Å². The second-order valence-electron chi connectivity index (χ2n) is 7.42. The predicted octanol–water partition coefficient (Wildman–Crippen LogP) is 1.77. The summed E-state index contributed by atoms with van der Waals surface area (Å²) in [5.41, 5.74) is 1.53. The molecule has 160 valence electrons. The Morgan fingerprint density at radius 3 is 2.17 bits per heavy atom. The molecular formula is C20H23ClN4O5. The highest BCUT2D eigenvalue weighted by Crippen LogP contribution is 2.23. The van der Waals surface area contributed by atoms with Crippen LogP contribution in [0.4, 0.5) is 4.79 Å². The number of aromatic nitrogens is 1. The molecule has 2 aliphatic heterocycles. The van der Waals surface area contributed by atoms with E-state index >= 15 is 0 Å². The van der Waals surface area contributed by atoms with Gasteiger partial charge in [0.15, 0.2) is 0 Å². The minimum Gasteiger partial charge on any atom is -0.492 e.